The average molecular weight is 508 g/mol. The minimum Gasteiger partial charge on any atom is -0.305 e. The lowest BCUT2D eigenvalue weighted by molar-refractivity contribution is -0.137. The molecule has 0 saturated heterocycles. The van der Waals surface area contributed by atoms with Crippen molar-refractivity contribution in [3.63, 3.8) is 0 Å². The van der Waals surface area contributed by atoms with E-state index >= 15 is 0 Å². The molecule has 5 rings (SSSR count). The minimum absolute atomic E-state index is 0.00191. The fourth-order valence-electron chi connectivity index (χ4n) is 4.07. The van der Waals surface area contributed by atoms with Gasteiger partial charge in [0.05, 0.1) is 23.1 Å². The molecule has 0 aliphatic carbocycles. The number of rotatable bonds is 6. The van der Waals surface area contributed by atoms with Crippen LogP contribution in [0.15, 0.2) is 85.3 Å². The minimum atomic E-state index is -4.42. The summed E-state index contributed by atoms with van der Waals surface area (Å²) >= 11 is 6.48. The van der Waals surface area contributed by atoms with Crippen LogP contribution in [-0.2, 0) is 12.7 Å². The van der Waals surface area contributed by atoms with Crippen LogP contribution in [-0.4, -0.2) is 19.6 Å². The van der Waals surface area contributed by atoms with Crippen LogP contribution in [0.4, 0.5) is 13.2 Å². The Labute approximate surface area is 210 Å². The number of hydrogen-bond acceptors (Lipinski definition) is 4. The van der Waals surface area contributed by atoms with Gasteiger partial charge in [-0.25, -0.2) is 9.50 Å². The predicted octanol–water partition coefficient (Wildman–Crippen LogP) is 6.98. The average Bonchev–Trinajstić information content (AvgIpc) is 3.30. The van der Waals surface area contributed by atoms with Crippen molar-refractivity contribution in [3.05, 3.63) is 107 Å². The van der Waals surface area contributed by atoms with Crippen LogP contribution >= 0.6 is 11.6 Å². The van der Waals surface area contributed by atoms with Crippen LogP contribution in [0.1, 0.15) is 29.8 Å². The van der Waals surface area contributed by atoms with E-state index in [1.807, 2.05) is 43.3 Å². The monoisotopic (exact) mass is 507 g/mol. The van der Waals surface area contributed by atoms with Crippen LogP contribution in [0, 0.1) is 0 Å². The molecule has 9 heteroatoms. The summed E-state index contributed by atoms with van der Waals surface area (Å²) in [6.45, 7) is 2.50. The van der Waals surface area contributed by atoms with E-state index in [9.17, 15) is 13.2 Å². The maximum atomic E-state index is 13.2. The van der Waals surface area contributed by atoms with Gasteiger partial charge in [-0.15, -0.1) is 0 Å². The Morgan fingerprint density at radius 3 is 2.36 bits per heavy atom. The van der Waals surface area contributed by atoms with Gasteiger partial charge in [0.1, 0.15) is 0 Å². The third-order valence-electron chi connectivity index (χ3n) is 5.98. The molecule has 1 atom stereocenters. The molecule has 0 radical (unpaired) electrons. The van der Waals surface area contributed by atoms with Crippen molar-refractivity contribution in [2.24, 2.45) is 0 Å². The third-order valence-corrected chi connectivity index (χ3v) is 6.31. The largest absolute Gasteiger partial charge is 0.416 e. The number of aromatic nitrogens is 4. The molecule has 0 amide bonds. The zero-order valence-corrected chi connectivity index (χ0v) is 19.9. The van der Waals surface area contributed by atoms with Gasteiger partial charge in [-0.2, -0.15) is 18.3 Å². The summed E-state index contributed by atoms with van der Waals surface area (Å²) in [5.41, 5.74) is 4.18. The van der Waals surface area contributed by atoms with Crippen LogP contribution in [0.3, 0.4) is 0 Å². The molecule has 0 fully saturated rings. The SMILES string of the molecule is CC(NCc1cnn2c(-c3ccc(C(F)(F)F)cc3)c(-c3ccccc3Cl)cnc12)c1ccccn1. The summed E-state index contributed by atoms with van der Waals surface area (Å²) in [6.07, 6.45) is 0.727. The van der Waals surface area contributed by atoms with Crippen LogP contribution in [0.2, 0.25) is 5.02 Å². The first-order valence-corrected chi connectivity index (χ1v) is 11.6. The number of nitrogens with zero attached hydrogens (tertiary/aromatic N) is 4. The van der Waals surface area contributed by atoms with Gasteiger partial charge >= 0.3 is 6.18 Å². The van der Waals surface area contributed by atoms with E-state index in [0.29, 0.717) is 39.6 Å². The van der Waals surface area contributed by atoms with Gasteiger partial charge in [-0.3, -0.25) is 4.98 Å². The van der Waals surface area contributed by atoms with E-state index in [2.05, 4.69) is 20.4 Å². The number of fused-ring (bicyclic) bond motifs is 1. The number of benzene rings is 2. The first-order chi connectivity index (χ1) is 17.3. The molecular formula is C27H21ClF3N5. The number of halogens is 4. The Morgan fingerprint density at radius 2 is 1.67 bits per heavy atom. The lowest BCUT2D eigenvalue weighted by Gasteiger charge is -2.15. The topological polar surface area (TPSA) is 55.1 Å². The highest BCUT2D eigenvalue weighted by molar-refractivity contribution is 6.33. The van der Waals surface area contributed by atoms with E-state index in [1.54, 1.807) is 29.2 Å². The molecule has 1 unspecified atom stereocenters. The van der Waals surface area contributed by atoms with Crippen molar-refractivity contribution in [3.8, 4) is 22.4 Å². The Morgan fingerprint density at radius 1 is 0.917 bits per heavy atom. The normalized spacial score (nSPS) is 12.7. The smallest absolute Gasteiger partial charge is 0.305 e. The van der Waals surface area contributed by atoms with Crippen molar-refractivity contribution >= 4 is 17.2 Å². The molecule has 3 heterocycles. The first-order valence-electron chi connectivity index (χ1n) is 11.3. The van der Waals surface area contributed by atoms with Crippen molar-refractivity contribution < 1.29 is 13.2 Å². The zero-order chi connectivity index (χ0) is 25.3. The molecule has 5 aromatic rings. The third kappa shape index (κ3) is 4.69. The van der Waals surface area contributed by atoms with E-state index in [1.165, 1.54) is 12.1 Å². The Bertz CT molecular complexity index is 1500. The Hall–Kier alpha value is -3.75. The molecule has 0 aliphatic rings. The van der Waals surface area contributed by atoms with Crippen LogP contribution < -0.4 is 5.32 Å². The maximum Gasteiger partial charge on any atom is 0.416 e. The number of nitrogens with one attached hydrogen (secondary N) is 1. The second-order valence-corrected chi connectivity index (χ2v) is 8.75. The summed E-state index contributed by atoms with van der Waals surface area (Å²) < 4.78 is 41.2. The highest BCUT2D eigenvalue weighted by atomic mass is 35.5. The lowest BCUT2D eigenvalue weighted by atomic mass is 9.99. The highest BCUT2D eigenvalue weighted by Gasteiger charge is 2.30. The van der Waals surface area contributed by atoms with E-state index < -0.39 is 11.7 Å². The van der Waals surface area contributed by atoms with Crippen molar-refractivity contribution in [2.75, 3.05) is 0 Å². The number of alkyl halides is 3. The predicted molar refractivity (Wildman–Crippen MR) is 133 cm³/mol. The summed E-state index contributed by atoms with van der Waals surface area (Å²) in [5, 5.41) is 8.50. The van der Waals surface area contributed by atoms with Crippen molar-refractivity contribution in [1.82, 2.24) is 24.9 Å². The Balaban J connectivity index is 1.59. The molecular weight excluding hydrogens is 487 g/mol. The van der Waals surface area contributed by atoms with Gasteiger partial charge in [-0.1, -0.05) is 48.0 Å². The van der Waals surface area contributed by atoms with Crippen LogP contribution in [0.5, 0.6) is 0 Å². The van der Waals surface area contributed by atoms with Crippen LogP contribution in [0.25, 0.3) is 28.0 Å². The standard InChI is InChI=1S/C27H21ClF3N5/c1-17(24-8-4-5-13-32-24)33-14-19-15-35-36-25(18-9-11-20(12-10-18)27(29,30)31)22(16-34-26(19)36)21-6-2-3-7-23(21)28/h2-13,15-17,33H,14H2,1H3. The lowest BCUT2D eigenvalue weighted by Crippen LogP contribution is -2.19. The van der Waals surface area contributed by atoms with E-state index in [0.717, 1.165) is 23.4 Å². The summed E-state index contributed by atoms with van der Waals surface area (Å²) in [7, 11) is 0. The molecule has 0 aliphatic heterocycles. The molecule has 0 saturated carbocycles. The number of pyridine rings is 1. The fourth-order valence-corrected chi connectivity index (χ4v) is 4.31. The molecule has 5 nitrogen and oxygen atoms in total. The molecule has 1 N–H and O–H groups in total. The molecule has 182 valence electrons. The molecule has 0 spiro atoms. The first kappa shape index (κ1) is 24.0. The van der Waals surface area contributed by atoms with Crippen molar-refractivity contribution in [1.29, 1.82) is 0 Å². The van der Waals surface area contributed by atoms with E-state index in [4.69, 9.17) is 11.6 Å². The van der Waals surface area contributed by atoms with Gasteiger partial charge in [0.25, 0.3) is 0 Å². The van der Waals surface area contributed by atoms with E-state index in [-0.39, 0.29) is 6.04 Å². The summed E-state index contributed by atoms with van der Waals surface area (Å²) in [6, 6.07) is 18.0. The molecule has 2 aromatic carbocycles. The molecule has 0 bridgehead atoms. The zero-order valence-electron chi connectivity index (χ0n) is 19.2. The van der Waals surface area contributed by atoms with Gasteiger partial charge in [0, 0.05) is 52.3 Å². The fraction of sp³-hybridized carbons (Fsp3) is 0.148. The van der Waals surface area contributed by atoms with Gasteiger partial charge in [0.15, 0.2) is 5.65 Å². The second-order valence-electron chi connectivity index (χ2n) is 8.34. The number of hydrogen-bond donors (Lipinski definition) is 1. The Kier molecular flexibility index (Phi) is 6.47. The summed E-state index contributed by atoms with van der Waals surface area (Å²) in [5.74, 6) is 0. The summed E-state index contributed by atoms with van der Waals surface area (Å²) in [4.78, 5) is 9.04. The van der Waals surface area contributed by atoms with Gasteiger partial charge in [0.2, 0.25) is 0 Å². The van der Waals surface area contributed by atoms with Crippen molar-refractivity contribution in [2.45, 2.75) is 25.7 Å². The molecule has 3 aromatic heterocycles. The second kappa shape index (κ2) is 9.72. The highest BCUT2D eigenvalue weighted by Crippen LogP contribution is 2.37. The van der Waals surface area contributed by atoms with Gasteiger partial charge in [-0.05, 0) is 37.3 Å². The molecule has 36 heavy (non-hydrogen) atoms. The quantitative estimate of drug-likeness (QED) is 0.269. The van der Waals surface area contributed by atoms with Gasteiger partial charge < -0.3 is 5.32 Å². The maximum absolute atomic E-state index is 13.2.